The highest BCUT2D eigenvalue weighted by molar-refractivity contribution is 8.15. The summed E-state index contributed by atoms with van der Waals surface area (Å²) in [6.07, 6.45) is 1.62. The van der Waals surface area contributed by atoms with Crippen molar-refractivity contribution in [3.05, 3.63) is 59.2 Å². The van der Waals surface area contributed by atoms with Gasteiger partial charge in [0.15, 0.2) is 5.96 Å². The van der Waals surface area contributed by atoms with E-state index < -0.39 is 10.0 Å². The van der Waals surface area contributed by atoms with Gasteiger partial charge in [0.2, 0.25) is 5.17 Å². The number of benzene rings is 2. The second-order valence-electron chi connectivity index (χ2n) is 6.04. The molecule has 0 radical (unpaired) electrons. The van der Waals surface area contributed by atoms with Crippen LogP contribution >= 0.6 is 23.4 Å². The second-order valence-corrected chi connectivity index (χ2v) is 9.03. The fourth-order valence-corrected chi connectivity index (χ4v) is 5.42. The zero-order chi connectivity index (χ0) is 19.9. The van der Waals surface area contributed by atoms with Crippen molar-refractivity contribution in [1.82, 2.24) is 4.98 Å². The van der Waals surface area contributed by atoms with Crippen molar-refractivity contribution in [2.24, 2.45) is 15.1 Å². The lowest BCUT2D eigenvalue weighted by atomic mass is 10.2. The lowest BCUT2D eigenvalue weighted by Gasteiger charge is -2.15. The third-order valence-electron chi connectivity index (χ3n) is 3.98. The number of sulfonamides is 1. The Kier molecular flexibility index (Phi) is 4.74. The number of rotatable bonds is 1. The van der Waals surface area contributed by atoms with Gasteiger partial charge in [0.1, 0.15) is 4.90 Å². The van der Waals surface area contributed by atoms with Crippen LogP contribution in [0.25, 0.3) is 10.9 Å². The first-order valence-corrected chi connectivity index (χ1v) is 10.7. The van der Waals surface area contributed by atoms with Gasteiger partial charge in [-0.3, -0.25) is 4.98 Å². The zero-order valence-electron chi connectivity index (χ0n) is 14.5. The van der Waals surface area contributed by atoms with Gasteiger partial charge in [-0.2, -0.15) is 13.4 Å². The van der Waals surface area contributed by atoms with Crippen molar-refractivity contribution >= 4 is 61.1 Å². The van der Waals surface area contributed by atoms with Crippen molar-refractivity contribution in [1.29, 1.82) is 0 Å². The Balaban J connectivity index is 1.62. The zero-order valence-corrected chi connectivity index (χ0v) is 16.9. The average molecular weight is 432 g/mol. The van der Waals surface area contributed by atoms with E-state index in [9.17, 15) is 8.42 Å². The van der Waals surface area contributed by atoms with Gasteiger partial charge in [-0.05, 0) is 48.5 Å². The quantitative estimate of drug-likeness (QED) is 0.448. The predicted octanol–water partition coefficient (Wildman–Crippen LogP) is 3.77. The van der Waals surface area contributed by atoms with Crippen LogP contribution in [0.4, 0.5) is 5.69 Å². The molecule has 1 aliphatic heterocycles. The number of thioether (sulfide) groups is 1. The third kappa shape index (κ3) is 3.68. The maximum Gasteiger partial charge on any atom is 0.285 e. The molecule has 2 heterocycles. The number of nitrogens with zero attached hydrogens (tertiary/aromatic N) is 3. The third-order valence-corrected chi connectivity index (χ3v) is 6.86. The van der Waals surface area contributed by atoms with E-state index >= 15 is 0 Å². The Hall–Kier alpha value is -2.62. The molecular formula is C18H14ClN5O2S2. The normalized spacial score (nSPS) is 15.8. The van der Waals surface area contributed by atoms with E-state index in [0.717, 1.165) is 22.7 Å². The monoisotopic (exact) mass is 431 g/mol. The molecule has 7 nitrogen and oxygen atoms in total. The van der Waals surface area contributed by atoms with Gasteiger partial charge in [0.25, 0.3) is 10.0 Å². The number of hydrogen-bond donors (Lipinski definition) is 2. The van der Waals surface area contributed by atoms with Gasteiger partial charge in [0.05, 0.1) is 17.4 Å². The minimum Gasteiger partial charge on any atom is -0.369 e. The summed E-state index contributed by atoms with van der Waals surface area (Å²) >= 11 is 7.21. The Morgan fingerprint density at radius 3 is 2.86 bits per heavy atom. The second kappa shape index (κ2) is 7.08. The molecule has 0 spiro atoms. The number of pyridine rings is 1. The number of anilines is 1. The molecule has 1 aliphatic rings. The van der Waals surface area contributed by atoms with Crippen LogP contribution in [0.2, 0.25) is 5.02 Å². The topological polar surface area (TPSA) is 110 Å². The number of halogens is 1. The number of aliphatic imine (C=N–C) groups is 1. The van der Waals surface area contributed by atoms with E-state index in [4.69, 9.17) is 17.3 Å². The van der Waals surface area contributed by atoms with E-state index in [-0.39, 0.29) is 16.0 Å². The number of aryl methyl sites for hydroxylation is 1. The maximum atomic E-state index is 12.4. The molecule has 10 heteroatoms. The molecule has 0 saturated heterocycles. The molecule has 2 aromatic carbocycles. The Bertz CT molecular complexity index is 1270. The first kappa shape index (κ1) is 18.7. The minimum atomic E-state index is -3.87. The van der Waals surface area contributed by atoms with E-state index in [1.165, 1.54) is 6.07 Å². The molecule has 0 unspecified atom stereocenters. The highest BCUT2D eigenvalue weighted by Gasteiger charge is 2.27. The first-order chi connectivity index (χ1) is 13.3. The summed E-state index contributed by atoms with van der Waals surface area (Å²) < 4.78 is 28.6. The first-order valence-electron chi connectivity index (χ1n) is 8.11. The van der Waals surface area contributed by atoms with Crippen LogP contribution in [0, 0.1) is 6.92 Å². The molecule has 0 bridgehead atoms. The Labute approximate surface area is 170 Å². The predicted molar refractivity (Wildman–Crippen MR) is 114 cm³/mol. The summed E-state index contributed by atoms with van der Waals surface area (Å²) in [4.78, 5) is 9.01. The molecule has 0 aliphatic carbocycles. The number of aromatic nitrogens is 1. The fourth-order valence-electron chi connectivity index (χ4n) is 2.65. The number of hydrogen-bond acceptors (Lipinski definition) is 5. The lowest BCUT2D eigenvalue weighted by molar-refractivity contribution is 0.595. The molecule has 1 aromatic heterocycles. The molecule has 4 rings (SSSR count). The van der Waals surface area contributed by atoms with E-state index in [2.05, 4.69) is 19.7 Å². The number of nitrogens with two attached hydrogens (primary N) is 1. The smallest absolute Gasteiger partial charge is 0.285 e. The number of para-hydroxylation sites is 1. The van der Waals surface area contributed by atoms with E-state index in [1.54, 1.807) is 19.2 Å². The lowest BCUT2D eigenvalue weighted by Crippen LogP contribution is -2.24. The van der Waals surface area contributed by atoms with Crippen LogP contribution < -0.4 is 11.1 Å². The molecule has 142 valence electrons. The number of amidine groups is 1. The van der Waals surface area contributed by atoms with Gasteiger partial charge < -0.3 is 11.1 Å². The van der Waals surface area contributed by atoms with Gasteiger partial charge in [-0.15, -0.1) is 4.40 Å². The molecule has 3 aromatic rings. The Morgan fingerprint density at radius 1 is 1.25 bits per heavy atom. The Morgan fingerprint density at radius 2 is 2.04 bits per heavy atom. The largest absolute Gasteiger partial charge is 0.369 e. The summed E-state index contributed by atoms with van der Waals surface area (Å²) in [6.45, 7) is 1.74. The van der Waals surface area contributed by atoms with Crippen molar-refractivity contribution in [2.75, 3.05) is 5.32 Å². The summed E-state index contributed by atoms with van der Waals surface area (Å²) in [7, 11) is -3.87. The number of nitrogens with one attached hydrogen (secondary N) is 1. The van der Waals surface area contributed by atoms with E-state index in [0.29, 0.717) is 21.2 Å². The van der Waals surface area contributed by atoms with Crippen molar-refractivity contribution in [3.63, 3.8) is 0 Å². The minimum absolute atomic E-state index is 0.000176. The van der Waals surface area contributed by atoms with E-state index in [1.807, 2.05) is 30.3 Å². The van der Waals surface area contributed by atoms with Crippen LogP contribution in [0.3, 0.4) is 0 Å². The fraction of sp³-hybridized carbons (Fsp3) is 0.0556. The standard InChI is InChI=1S/C18H14ClN5O2S2/c1-10-6-16-15(8-13(10)19)27-18(24-28(16,25)26)23-17(20)22-12-7-11-4-2-3-5-14(11)21-9-12/h2-9H,1H3,(H3,20,22,23,24). The summed E-state index contributed by atoms with van der Waals surface area (Å²) in [5, 5.41) is 4.32. The molecule has 28 heavy (non-hydrogen) atoms. The average Bonchev–Trinajstić information content (AvgIpc) is 2.63. The van der Waals surface area contributed by atoms with Crippen LogP contribution in [0.5, 0.6) is 0 Å². The molecule has 0 fully saturated rings. The molecule has 0 atom stereocenters. The van der Waals surface area contributed by atoms with Crippen LogP contribution in [0.15, 0.2) is 67.8 Å². The molecular weight excluding hydrogens is 418 g/mol. The van der Waals surface area contributed by atoms with Crippen LogP contribution in [-0.2, 0) is 10.0 Å². The van der Waals surface area contributed by atoms with Crippen molar-refractivity contribution in [3.8, 4) is 0 Å². The van der Waals surface area contributed by atoms with Crippen molar-refractivity contribution in [2.45, 2.75) is 16.7 Å². The highest BCUT2D eigenvalue weighted by atomic mass is 35.5. The summed E-state index contributed by atoms with van der Waals surface area (Å²) in [6, 6.07) is 12.6. The van der Waals surface area contributed by atoms with Gasteiger partial charge in [0, 0.05) is 15.3 Å². The SMILES string of the molecule is Cc1cc2c(cc1Cl)SC(/N=C(/N)Nc1cnc3ccccc3c1)=NS2(=O)=O. The molecule has 0 saturated carbocycles. The molecule has 0 amide bonds. The number of fused-ring (bicyclic) bond motifs is 2. The number of guanidine groups is 1. The molecule has 3 N–H and O–H groups in total. The summed E-state index contributed by atoms with van der Waals surface area (Å²) in [5.41, 5.74) is 8.08. The highest BCUT2D eigenvalue weighted by Crippen LogP contribution is 2.37. The van der Waals surface area contributed by atoms with Gasteiger partial charge >= 0.3 is 0 Å². The maximum absolute atomic E-state index is 12.4. The summed E-state index contributed by atoms with van der Waals surface area (Å²) in [5.74, 6) is 0.000176. The van der Waals surface area contributed by atoms with Crippen molar-refractivity contribution < 1.29 is 8.42 Å². The van der Waals surface area contributed by atoms with Gasteiger partial charge in [-0.1, -0.05) is 29.8 Å². The van der Waals surface area contributed by atoms with Crippen LogP contribution in [-0.4, -0.2) is 24.5 Å². The van der Waals surface area contributed by atoms with Crippen LogP contribution in [0.1, 0.15) is 5.56 Å². The van der Waals surface area contributed by atoms with Gasteiger partial charge in [-0.25, -0.2) is 0 Å².